The van der Waals surface area contributed by atoms with E-state index in [-0.39, 0.29) is 0 Å². The maximum Gasteiger partial charge on any atom is 0.394 e. The highest BCUT2D eigenvalue weighted by Gasteiger charge is 2.42. The summed E-state index contributed by atoms with van der Waals surface area (Å²) >= 11 is 0. The highest BCUT2D eigenvalue weighted by atomic mass is 31.2. The molecule has 0 aliphatic rings. The maximum atomic E-state index is 10.8. The minimum Gasteiger partial charge on any atom is -0.479 e. The lowest BCUT2D eigenvalue weighted by Crippen LogP contribution is -2.49. The van der Waals surface area contributed by atoms with Crippen molar-refractivity contribution in [2.45, 2.75) is 24.4 Å². The van der Waals surface area contributed by atoms with Crippen LogP contribution in [0.4, 0.5) is 0 Å². The first-order valence-electron chi connectivity index (χ1n) is 4.05. The first kappa shape index (κ1) is 16.1. The van der Waals surface area contributed by atoms with E-state index < -0.39 is 43.5 Å². The van der Waals surface area contributed by atoms with E-state index in [4.69, 9.17) is 35.3 Å². The summed E-state index contributed by atoms with van der Waals surface area (Å²) in [6.45, 7) is 0. The van der Waals surface area contributed by atoms with Crippen molar-refractivity contribution in [3.8, 4) is 0 Å². The molecule has 0 aromatic carbocycles. The fourth-order valence-corrected chi connectivity index (χ4v) is 1.34. The molecular weight excluding hydrogens is 263 g/mol. The number of hydrogen-bond acceptors (Lipinski definition) is 7. The van der Waals surface area contributed by atoms with Gasteiger partial charge in [0.25, 0.3) is 5.52 Å². The first-order valence-corrected chi connectivity index (χ1v) is 5.66. The second-order valence-electron chi connectivity index (χ2n) is 3.09. The van der Waals surface area contributed by atoms with Gasteiger partial charge >= 0.3 is 13.6 Å². The number of carboxylic acid groups (broad SMARTS) is 1. The van der Waals surface area contributed by atoms with Crippen molar-refractivity contribution < 1.29 is 49.5 Å². The molecule has 0 aliphatic carbocycles. The van der Waals surface area contributed by atoms with Gasteiger partial charge in [-0.15, -0.1) is 0 Å². The summed E-state index contributed by atoms with van der Waals surface area (Å²) in [6, 6.07) is 0. The van der Waals surface area contributed by atoms with Gasteiger partial charge in [-0.05, 0) is 0 Å². The second-order valence-corrected chi connectivity index (χ2v) is 4.62. The van der Waals surface area contributed by atoms with Crippen molar-refractivity contribution in [3.63, 3.8) is 0 Å². The van der Waals surface area contributed by atoms with Gasteiger partial charge in [-0.1, -0.05) is 0 Å². The third-order valence-corrected chi connectivity index (χ3v) is 2.63. The summed E-state index contributed by atoms with van der Waals surface area (Å²) in [5, 5.41) is 44.0. The minimum absolute atomic E-state index is 1.95. The van der Waals surface area contributed by atoms with Crippen LogP contribution in [-0.4, -0.2) is 71.2 Å². The average Bonchev–Trinajstić information content (AvgIpc) is 2.22. The predicted octanol–water partition coefficient (Wildman–Crippen LogP) is -3.78. The molecule has 0 aliphatic heterocycles. The number of aliphatic carboxylic acids is 1. The van der Waals surface area contributed by atoms with E-state index in [1.54, 1.807) is 0 Å². The molecule has 11 heteroatoms. The summed E-state index contributed by atoms with van der Waals surface area (Å²) in [6.07, 6.45) is -10.3. The third kappa shape index (κ3) is 4.13. The van der Waals surface area contributed by atoms with Gasteiger partial charge in [-0.25, -0.2) is 4.79 Å². The van der Waals surface area contributed by atoms with Crippen LogP contribution in [-0.2, 0) is 14.2 Å². The van der Waals surface area contributed by atoms with E-state index >= 15 is 0 Å². The van der Waals surface area contributed by atoms with Crippen LogP contribution in [0.1, 0.15) is 0 Å². The monoisotopic (exact) mass is 274 g/mol. The molecule has 0 bridgehead atoms. The fourth-order valence-electron chi connectivity index (χ4n) is 0.838. The lowest BCUT2D eigenvalue weighted by molar-refractivity contribution is -0.164. The molecule has 0 spiro atoms. The van der Waals surface area contributed by atoms with Gasteiger partial charge in [0.1, 0.15) is 12.2 Å². The molecule has 0 radical (unpaired) electrons. The molecule has 17 heavy (non-hydrogen) atoms. The van der Waals surface area contributed by atoms with E-state index in [9.17, 15) is 14.2 Å². The predicted molar refractivity (Wildman–Crippen MR) is 48.7 cm³/mol. The summed E-state index contributed by atoms with van der Waals surface area (Å²) < 4.78 is 10.4. The minimum atomic E-state index is -5.35. The Labute approximate surface area is 93.9 Å². The zero-order valence-corrected chi connectivity index (χ0v) is 9.01. The van der Waals surface area contributed by atoms with Crippen molar-refractivity contribution in [1.29, 1.82) is 0 Å². The highest BCUT2D eigenvalue weighted by molar-refractivity contribution is 7.70. The Bertz CT molecular complexity index is 347. The number of hydrogen-bond donors (Lipinski definition) is 7. The lowest BCUT2D eigenvalue weighted by Gasteiger charge is -2.23. The Balaban J connectivity index is 4.83. The average molecular weight is 274 g/mol. The Morgan fingerprint density at radius 2 is 1.24 bits per heavy atom. The SMILES string of the molecule is O=C(O)[C@@H](O)[C@@H](O)[C@H](O)[C@@H](O)C(=O)P(=O)(O)O. The van der Waals surface area contributed by atoms with Crippen molar-refractivity contribution in [2.24, 2.45) is 0 Å². The zero-order valence-electron chi connectivity index (χ0n) is 8.11. The Hall–Kier alpha value is -0.870. The van der Waals surface area contributed by atoms with Gasteiger partial charge in [-0.2, -0.15) is 0 Å². The summed E-state index contributed by atoms with van der Waals surface area (Å²) in [5.41, 5.74) is -2.10. The Morgan fingerprint density at radius 3 is 1.53 bits per heavy atom. The molecule has 0 amide bonds. The lowest BCUT2D eigenvalue weighted by atomic mass is 10.0. The van der Waals surface area contributed by atoms with Crippen molar-refractivity contribution >= 4 is 19.1 Å². The quantitative estimate of drug-likeness (QED) is 0.236. The molecule has 0 aromatic heterocycles. The van der Waals surface area contributed by atoms with Crippen LogP contribution in [0.3, 0.4) is 0 Å². The molecule has 7 N–H and O–H groups in total. The van der Waals surface area contributed by atoms with Gasteiger partial charge in [0.2, 0.25) is 0 Å². The van der Waals surface area contributed by atoms with E-state index in [1.165, 1.54) is 0 Å². The molecule has 4 atom stereocenters. The van der Waals surface area contributed by atoms with Gasteiger partial charge in [0, 0.05) is 0 Å². The number of carboxylic acids is 1. The molecule has 0 aromatic rings. The molecule has 0 heterocycles. The largest absolute Gasteiger partial charge is 0.479 e. The van der Waals surface area contributed by atoms with E-state index in [2.05, 4.69) is 0 Å². The molecule has 0 unspecified atom stereocenters. The van der Waals surface area contributed by atoms with E-state index in [0.717, 1.165) is 0 Å². The summed E-state index contributed by atoms with van der Waals surface area (Å²) in [5.74, 6) is -1.95. The van der Waals surface area contributed by atoms with Crippen molar-refractivity contribution in [2.75, 3.05) is 0 Å². The molecule has 10 nitrogen and oxygen atoms in total. The van der Waals surface area contributed by atoms with Crippen LogP contribution < -0.4 is 0 Å². The summed E-state index contributed by atoms with van der Waals surface area (Å²) in [7, 11) is -5.35. The van der Waals surface area contributed by atoms with Crippen LogP contribution in [0.2, 0.25) is 0 Å². The van der Waals surface area contributed by atoms with Crippen LogP contribution >= 0.6 is 7.60 Å². The van der Waals surface area contributed by atoms with E-state index in [1.807, 2.05) is 0 Å². The number of rotatable bonds is 6. The second kappa shape index (κ2) is 5.65. The fraction of sp³-hybridized carbons (Fsp3) is 0.667. The van der Waals surface area contributed by atoms with Crippen LogP contribution in [0, 0.1) is 0 Å². The number of aliphatic hydroxyl groups is 4. The maximum absolute atomic E-state index is 10.8. The topological polar surface area (TPSA) is 193 Å². The molecular formula is C6H11O10P. The van der Waals surface area contributed by atoms with Crippen LogP contribution in [0.25, 0.3) is 0 Å². The Morgan fingerprint density at radius 1 is 0.882 bits per heavy atom. The molecule has 0 saturated carbocycles. The van der Waals surface area contributed by atoms with Crippen molar-refractivity contribution in [3.05, 3.63) is 0 Å². The normalized spacial score (nSPS) is 19.2. The standard InChI is InChI=1S/C6H11O10P/c7-1(3(9)5(11)12)2(8)4(10)6(13)17(14,15)16/h1-4,7-10H,(H,11,12)(H2,14,15,16)/t1-,2-,3-,4+/m0/s1. The van der Waals surface area contributed by atoms with Gasteiger partial charge < -0.3 is 35.3 Å². The molecule has 0 fully saturated rings. The van der Waals surface area contributed by atoms with Gasteiger partial charge in [-0.3, -0.25) is 9.36 Å². The van der Waals surface area contributed by atoms with Crippen LogP contribution in [0.5, 0.6) is 0 Å². The highest BCUT2D eigenvalue weighted by Crippen LogP contribution is 2.37. The number of carbonyl (C=O) groups is 2. The number of aliphatic hydroxyl groups excluding tert-OH is 4. The molecule has 0 rings (SSSR count). The molecule has 0 saturated heterocycles. The van der Waals surface area contributed by atoms with E-state index in [0.29, 0.717) is 0 Å². The van der Waals surface area contributed by atoms with Gasteiger partial charge in [0.15, 0.2) is 12.2 Å². The van der Waals surface area contributed by atoms with Crippen LogP contribution in [0.15, 0.2) is 0 Å². The first-order chi connectivity index (χ1) is 7.50. The van der Waals surface area contributed by atoms with Gasteiger partial charge in [0.05, 0.1) is 0 Å². The molecule has 100 valence electrons. The smallest absolute Gasteiger partial charge is 0.394 e. The third-order valence-electron chi connectivity index (χ3n) is 1.79. The zero-order chi connectivity index (χ0) is 14.0. The van der Waals surface area contributed by atoms with Crippen molar-refractivity contribution in [1.82, 2.24) is 0 Å². The summed E-state index contributed by atoms with van der Waals surface area (Å²) in [4.78, 5) is 37.7. The number of carbonyl (C=O) groups excluding carboxylic acids is 1. The Kier molecular flexibility index (Phi) is 5.36.